The lowest BCUT2D eigenvalue weighted by atomic mass is 9.93. The van der Waals surface area contributed by atoms with Crippen molar-refractivity contribution in [3.63, 3.8) is 0 Å². The number of benzene rings is 1. The van der Waals surface area contributed by atoms with Crippen LogP contribution in [0.2, 0.25) is 0 Å². The zero-order chi connectivity index (χ0) is 45.1. The predicted molar refractivity (Wildman–Crippen MR) is 208 cm³/mol. The van der Waals surface area contributed by atoms with E-state index in [4.69, 9.17) is 24.3 Å². The molecule has 0 saturated carbocycles. The van der Waals surface area contributed by atoms with Crippen molar-refractivity contribution in [3.05, 3.63) is 41.5 Å². The number of rotatable bonds is 21. The summed E-state index contributed by atoms with van der Waals surface area (Å²) in [5.74, 6) is -8.89. The Hall–Kier alpha value is -4.15. The molecule has 1 aliphatic rings. The number of ether oxygens (including phenoxy) is 2. The monoisotopic (exact) mass is 863 g/mol. The van der Waals surface area contributed by atoms with E-state index in [1.165, 1.54) is 66.7 Å². The molecule has 1 aromatic rings. The van der Waals surface area contributed by atoms with Crippen molar-refractivity contribution >= 4 is 48.6 Å². The van der Waals surface area contributed by atoms with E-state index in [2.05, 4.69) is 5.32 Å². The summed E-state index contributed by atoms with van der Waals surface area (Å²) in [5, 5.41) is 2.56. The maximum atomic E-state index is 16.0. The first-order chi connectivity index (χ1) is 27.0. The van der Waals surface area contributed by atoms with E-state index < -0.39 is 122 Å². The van der Waals surface area contributed by atoms with Gasteiger partial charge in [0.1, 0.15) is 6.04 Å². The molecular weight excluding hydrogens is 805 g/mol. The number of unbranched alkanes of at least 4 members (excludes halogenated alkanes) is 1. The molecule has 0 unspecified atom stereocenters. The molecule has 1 saturated heterocycles. The van der Waals surface area contributed by atoms with Crippen LogP contribution in [-0.4, -0.2) is 78.5 Å². The van der Waals surface area contributed by atoms with E-state index in [1.54, 1.807) is 6.92 Å². The number of carbonyl (C=O) groups excluding carboxylic acids is 6. The van der Waals surface area contributed by atoms with Crippen LogP contribution in [-0.2, 0) is 57.5 Å². The fraction of sp³-hybridized carbons (Fsp3) is 0.650. The molecule has 1 aliphatic heterocycles. The molecule has 59 heavy (non-hydrogen) atoms. The van der Waals surface area contributed by atoms with Gasteiger partial charge in [-0.05, 0) is 85.4 Å². The number of carbonyl (C=O) groups is 6. The van der Waals surface area contributed by atoms with Crippen LogP contribution in [0.25, 0.3) is 5.57 Å². The van der Waals surface area contributed by atoms with Gasteiger partial charge in [0.2, 0.25) is 31.3 Å². The molecule has 0 radical (unpaired) electrons. The number of amides is 3. The van der Waals surface area contributed by atoms with Crippen molar-refractivity contribution in [2.24, 2.45) is 22.5 Å². The molecule has 3 atom stereocenters. The fourth-order valence-corrected chi connectivity index (χ4v) is 6.95. The van der Waals surface area contributed by atoms with Crippen LogP contribution in [0, 0.1) is 16.7 Å². The van der Waals surface area contributed by atoms with Crippen LogP contribution in [0.15, 0.2) is 30.3 Å². The minimum Gasteiger partial charge on any atom is -0.438 e. The van der Waals surface area contributed by atoms with E-state index in [-0.39, 0.29) is 30.4 Å². The van der Waals surface area contributed by atoms with Crippen molar-refractivity contribution in [1.29, 1.82) is 0 Å². The number of primary amides is 1. The van der Waals surface area contributed by atoms with Crippen molar-refractivity contribution in [2.45, 2.75) is 131 Å². The number of alkyl halides is 4. The lowest BCUT2D eigenvalue weighted by Crippen LogP contribution is -2.50. The second kappa shape index (κ2) is 20.9. The number of hydrogen-bond donors (Lipinski definition) is 2. The Bertz CT molecular complexity index is 1720. The van der Waals surface area contributed by atoms with Gasteiger partial charge in [-0.25, -0.2) is 8.78 Å². The number of nitrogens with one attached hydrogen (secondary N) is 1. The summed E-state index contributed by atoms with van der Waals surface area (Å²) in [5.41, 5.74) is -1.63. The molecule has 2 rings (SSSR count). The van der Waals surface area contributed by atoms with Crippen molar-refractivity contribution in [3.8, 4) is 0 Å². The zero-order valence-electron chi connectivity index (χ0n) is 35.2. The molecule has 0 bridgehead atoms. The Morgan fingerprint density at radius 1 is 0.949 bits per heavy atom. The van der Waals surface area contributed by atoms with E-state index in [1.807, 2.05) is 6.92 Å². The van der Waals surface area contributed by atoms with E-state index in [0.29, 0.717) is 12.8 Å². The molecule has 1 aromatic carbocycles. The summed E-state index contributed by atoms with van der Waals surface area (Å²) in [6, 6.07) is 2.11. The highest BCUT2D eigenvalue weighted by Gasteiger charge is 2.56. The smallest absolute Gasteiger partial charge is 0.410 e. The summed E-state index contributed by atoms with van der Waals surface area (Å²) in [6.07, 6.45) is 1.24. The molecule has 1 fully saturated rings. The van der Waals surface area contributed by atoms with Crippen molar-refractivity contribution in [2.75, 3.05) is 20.1 Å². The number of allylic oxidation sites excluding steroid dienone is 2. The first kappa shape index (κ1) is 51.0. The summed E-state index contributed by atoms with van der Waals surface area (Å²) in [7, 11) is -5.58. The molecule has 14 nitrogen and oxygen atoms in total. The number of nitrogens with zero attached hydrogens (tertiary/aromatic N) is 1. The summed E-state index contributed by atoms with van der Waals surface area (Å²) >= 11 is 0. The minimum atomic E-state index is -5.58. The first-order valence-corrected chi connectivity index (χ1v) is 20.8. The van der Waals surface area contributed by atoms with Crippen LogP contribution in [0.3, 0.4) is 0 Å². The first-order valence-electron chi connectivity index (χ1n) is 19.2. The number of ketones is 1. The van der Waals surface area contributed by atoms with Gasteiger partial charge >= 0.3 is 25.2 Å². The highest BCUT2D eigenvalue weighted by atomic mass is 31.2. The maximum Gasteiger partial charge on any atom is 0.410 e. The Morgan fingerprint density at radius 2 is 1.47 bits per heavy atom. The number of hydrogen-bond acceptors (Lipinski definition) is 11. The highest BCUT2D eigenvalue weighted by Crippen LogP contribution is 2.67. The second-order valence-electron chi connectivity index (χ2n) is 16.8. The molecule has 0 aromatic heterocycles. The summed E-state index contributed by atoms with van der Waals surface area (Å²) in [4.78, 5) is 76.5. The average molecular weight is 864 g/mol. The van der Waals surface area contributed by atoms with E-state index in [9.17, 15) is 42.1 Å². The molecule has 3 N–H and O–H groups in total. The Morgan fingerprint density at radius 3 is 1.95 bits per heavy atom. The Balaban J connectivity index is 2.30. The van der Waals surface area contributed by atoms with Gasteiger partial charge < -0.3 is 25.4 Å². The maximum absolute atomic E-state index is 16.0. The van der Waals surface area contributed by atoms with E-state index in [0.717, 1.165) is 17.0 Å². The van der Waals surface area contributed by atoms with Crippen LogP contribution in [0.5, 0.6) is 0 Å². The van der Waals surface area contributed by atoms with Gasteiger partial charge in [0.05, 0.1) is 17.4 Å². The third-order valence-electron chi connectivity index (χ3n) is 9.23. The van der Waals surface area contributed by atoms with Crippen LogP contribution >= 0.6 is 7.60 Å². The molecule has 0 aliphatic carbocycles. The van der Waals surface area contributed by atoms with Crippen LogP contribution in [0.1, 0.15) is 118 Å². The third kappa shape index (κ3) is 15.1. The van der Waals surface area contributed by atoms with Gasteiger partial charge in [0.25, 0.3) is 5.92 Å². The lowest BCUT2D eigenvalue weighted by molar-refractivity contribution is -0.163. The minimum absolute atomic E-state index is 0.0441. The molecule has 19 heteroatoms. The normalized spacial score (nSPS) is 17.2. The number of halogens is 4. The largest absolute Gasteiger partial charge is 0.438 e. The highest BCUT2D eigenvalue weighted by molar-refractivity contribution is 7.54. The van der Waals surface area contributed by atoms with Gasteiger partial charge in [0, 0.05) is 36.8 Å². The predicted octanol–water partition coefficient (Wildman–Crippen LogP) is 7.23. The Labute approximate surface area is 342 Å². The van der Waals surface area contributed by atoms with Crippen LogP contribution in [0.4, 0.5) is 17.6 Å². The van der Waals surface area contributed by atoms with Crippen molar-refractivity contribution < 1.29 is 69.4 Å². The second-order valence-corrected chi connectivity index (χ2v) is 18.8. The van der Waals surface area contributed by atoms with Gasteiger partial charge in [-0.1, -0.05) is 44.0 Å². The third-order valence-corrected chi connectivity index (χ3v) is 11.1. The quantitative estimate of drug-likeness (QED) is 0.0416. The van der Waals surface area contributed by atoms with Gasteiger partial charge in [0.15, 0.2) is 5.78 Å². The van der Waals surface area contributed by atoms with Gasteiger partial charge in [-0.3, -0.25) is 42.4 Å². The molecule has 1 heterocycles. The lowest BCUT2D eigenvalue weighted by Gasteiger charge is -2.28. The van der Waals surface area contributed by atoms with Crippen LogP contribution < -0.4 is 11.1 Å². The molecule has 3 amide bonds. The summed E-state index contributed by atoms with van der Waals surface area (Å²) in [6.45, 7) is 10.5. The SMILES string of the molecule is CCCC[C@H](CC(=O)/C=C(\C)c1ccc(C(F)(F)P(=O)(OCOC(=O)C(C)(C)C)OCOC(=O)C(C)(C)C)cc1)C(=O)N1CC(F)(F)C[C@H]1C(=O)N[C@H](C)CCC(N)=O. The number of nitrogens with two attached hydrogens (primary N) is 1. The topological polar surface area (TPSA) is 198 Å². The number of likely N-dealkylation sites (tertiary alicyclic amines) is 1. The van der Waals surface area contributed by atoms with E-state index >= 15 is 8.78 Å². The fourth-order valence-electron chi connectivity index (χ4n) is 5.70. The average Bonchev–Trinajstić information content (AvgIpc) is 3.46. The van der Waals surface area contributed by atoms with Gasteiger partial charge in [-0.15, -0.1) is 0 Å². The van der Waals surface area contributed by atoms with Crippen molar-refractivity contribution in [1.82, 2.24) is 10.2 Å². The Kier molecular flexibility index (Phi) is 18.1. The number of esters is 2. The van der Waals surface area contributed by atoms with Gasteiger partial charge in [-0.2, -0.15) is 8.78 Å². The zero-order valence-corrected chi connectivity index (χ0v) is 36.1. The standard InChI is InChI=1S/C40H58F4N3O11P/c1-10-11-12-28(34(51)47-22-39(41,42)21-31(47)33(50)46-26(3)13-18-32(45)49)20-30(48)19-25(2)27-14-16-29(17-15-27)40(43,44)59(54,57-23-55-35(52)37(4,5)6)58-24-56-36(53)38(7,8)9/h14-17,19,26,28,31H,10-13,18,20-24H2,1-9H3,(H2,45,49)(H,46,50)/b25-19+/t26-,28-,31+/m1/s1. The molecular formula is C40H58F4N3O11P. The molecule has 332 valence electrons. The summed E-state index contributed by atoms with van der Waals surface area (Å²) < 4.78 is 94.5. The molecule has 0 spiro atoms.